The van der Waals surface area contributed by atoms with Crippen LogP contribution < -0.4 is 20.9 Å². The van der Waals surface area contributed by atoms with Crippen LogP contribution >= 0.6 is 31.0 Å². The highest BCUT2D eigenvalue weighted by Gasteiger charge is 2.47. The van der Waals surface area contributed by atoms with Gasteiger partial charge >= 0.3 is 20.0 Å². The fraction of sp³-hybridized carbons (Fsp3) is 0.333. The van der Waals surface area contributed by atoms with Gasteiger partial charge in [0, 0.05) is 35.6 Å². The number of fused-ring (bicyclic) bond motifs is 3. The van der Waals surface area contributed by atoms with Crippen molar-refractivity contribution < 1.29 is 42.8 Å². The molecule has 0 bridgehead atoms. The fourth-order valence-corrected chi connectivity index (χ4v) is 7.56. The van der Waals surface area contributed by atoms with Crippen LogP contribution in [0.2, 0.25) is 10.0 Å². The van der Waals surface area contributed by atoms with Crippen LogP contribution in [0, 0.1) is 5.92 Å². The number of carbonyl (C=O) groups excluding carboxylic acids is 3. The van der Waals surface area contributed by atoms with Crippen LogP contribution in [0.15, 0.2) is 66.7 Å². The van der Waals surface area contributed by atoms with Gasteiger partial charge in [0.05, 0.1) is 10.5 Å². The number of hydrogen-bond acceptors (Lipinski definition) is 7. The number of aromatic nitrogens is 1. The van der Waals surface area contributed by atoms with Crippen molar-refractivity contribution in [3.05, 3.63) is 99.2 Å². The Morgan fingerprint density at radius 3 is 2.42 bits per heavy atom. The summed E-state index contributed by atoms with van der Waals surface area (Å²) < 4.78 is 23.1. The molecule has 0 saturated heterocycles. The molecule has 5 rings (SSSR count). The highest BCUT2D eigenvalue weighted by atomic mass is 35.5. The van der Waals surface area contributed by atoms with Crippen LogP contribution in [-0.4, -0.2) is 62.0 Å². The molecule has 17 heteroatoms. The Labute approximate surface area is 315 Å². The SMILES string of the molecule is CC[C@H](C)[C@H](NC(=O)[C@@]1(NC(=O)OP(=O)(O)Oc2ccc(CCN(Cc3ccccc3)C(=O)O)cc2)CCc2[nH]c3c(Cl)cc(Cl)cc3c2C1)C(N)=O. The number of benzene rings is 3. The van der Waals surface area contributed by atoms with Crippen molar-refractivity contribution in [2.75, 3.05) is 6.54 Å². The highest BCUT2D eigenvalue weighted by Crippen LogP contribution is 2.45. The largest absolute Gasteiger partial charge is 0.588 e. The number of H-pyrrole nitrogens is 1. The first-order valence-corrected chi connectivity index (χ1v) is 19.1. The minimum Gasteiger partial charge on any atom is -0.465 e. The quantitative estimate of drug-likeness (QED) is 0.0785. The maximum absolute atomic E-state index is 14.1. The average molecular weight is 789 g/mol. The van der Waals surface area contributed by atoms with Crippen LogP contribution in [0.1, 0.15) is 49.1 Å². The normalized spacial score (nSPS) is 17.5. The van der Waals surface area contributed by atoms with Gasteiger partial charge in [-0.3, -0.25) is 14.5 Å². The molecular formula is C36H40Cl2N5O9P. The van der Waals surface area contributed by atoms with E-state index in [9.17, 15) is 33.7 Å². The van der Waals surface area contributed by atoms with Crippen molar-refractivity contribution in [3.8, 4) is 5.75 Å². The summed E-state index contributed by atoms with van der Waals surface area (Å²) in [6.07, 6.45) is -1.50. The topological polar surface area (TPSA) is 213 Å². The van der Waals surface area contributed by atoms with E-state index >= 15 is 0 Å². The molecule has 0 spiro atoms. The number of primary amides is 1. The van der Waals surface area contributed by atoms with Crippen LogP contribution in [0.5, 0.6) is 5.75 Å². The molecule has 4 atom stereocenters. The molecule has 4 amide bonds. The van der Waals surface area contributed by atoms with Gasteiger partial charge in [-0.15, -0.1) is 0 Å². The maximum atomic E-state index is 14.1. The summed E-state index contributed by atoms with van der Waals surface area (Å²) in [4.78, 5) is 66.6. The Balaban J connectivity index is 1.29. The van der Waals surface area contributed by atoms with Crippen LogP contribution in [-0.2, 0) is 44.5 Å². The van der Waals surface area contributed by atoms with E-state index in [1.54, 1.807) is 31.2 Å². The smallest absolute Gasteiger partial charge is 0.465 e. The van der Waals surface area contributed by atoms with Gasteiger partial charge in [0.25, 0.3) is 0 Å². The minimum absolute atomic E-state index is 0.00774. The number of nitrogens with zero attached hydrogens (tertiary/aromatic N) is 1. The molecular weight excluding hydrogens is 748 g/mol. The zero-order valence-corrected chi connectivity index (χ0v) is 31.3. The summed E-state index contributed by atoms with van der Waals surface area (Å²) in [6.45, 7) is 3.98. The number of carbonyl (C=O) groups is 4. The minimum atomic E-state index is -5.11. The number of nitrogens with two attached hydrogens (primary N) is 1. The van der Waals surface area contributed by atoms with E-state index < -0.39 is 43.4 Å². The lowest BCUT2D eigenvalue weighted by atomic mass is 9.78. The van der Waals surface area contributed by atoms with Gasteiger partial charge in [0.2, 0.25) is 11.8 Å². The predicted octanol–water partition coefficient (Wildman–Crippen LogP) is 6.35. The summed E-state index contributed by atoms with van der Waals surface area (Å²) >= 11 is 12.7. The van der Waals surface area contributed by atoms with E-state index in [1.807, 2.05) is 37.3 Å². The molecule has 1 heterocycles. The lowest BCUT2D eigenvalue weighted by Gasteiger charge is -2.37. The van der Waals surface area contributed by atoms with E-state index in [0.717, 1.165) is 16.8 Å². The summed E-state index contributed by atoms with van der Waals surface area (Å²) in [5, 5.41) is 16.1. The highest BCUT2D eigenvalue weighted by molar-refractivity contribution is 7.48. The van der Waals surface area contributed by atoms with Gasteiger partial charge in [0.15, 0.2) is 0 Å². The molecule has 53 heavy (non-hydrogen) atoms. The predicted molar refractivity (Wildman–Crippen MR) is 199 cm³/mol. The van der Waals surface area contributed by atoms with Crippen molar-refractivity contribution in [3.63, 3.8) is 0 Å². The Morgan fingerprint density at radius 2 is 1.77 bits per heavy atom. The van der Waals surface area contributed by atoms with Crippen molar-refractivity contribution in [2.24, 2.45) is 11.7 Å². The number of phosphoric ester groups is 1. The van der Waals surface area contributed by atoms with Gasteiger partial charge in [0.1, 0.15) is 17.3 Å². The Morgan fingerprint density at radius 1 is 1.08 bits per heavy atom. The third-order valence-electron chi connectivity index (χ3n) is 9.38. The summed E-state index contributed by atoms with van der Waals surface area (Å²) in [6, 6.07) is 17.3. The second-order valence-corrected chi connectivity index (χ2v) is 15.2. The first-order valence-electron chi connectivity index (χ1n) is 16.8. The first kappa shape index (κ1) is 39.5. The van der Waals surface area contributed by atoms with Crippen molar-refractivity contribution >= 4 is 65.9 Å². The van der Waals surface area contributed by atoms with E-state index in [2.05, 4.69) is 15.6 Å². The molecule has 7 N–H and O–H groups in total. The molecule has 282 valence electrons. The number of rotatable bonds is 14. The molecule has 4 aromatic rings. The molecule has 1 unspecified atom stereocenters. The molecule has 14 nitrogen and oxygen atoms in total. The van der Waals surface area contributed by atoms with Gasteiger partial charge in [-0.2, -0.15) is 0 Å². The van der Waals surface area contributed by atoms with Gasteiger partial charge in [-0.25, -0.2) is 14.2 Å². The van der Waals surface area contributed by atoms with Crippen LogP contribution in [0.3, 0.4) is 0 Å². The molecule has 1 aliphatic rings. The number of aromatic amines is 1. The van der Waals surface area contributed by atoms with Gasteiger partial charge in [-0.1, -0.05) is 85.9 Å². The number of halogens is 2. The lowest BCUT2D eigenvalue weighted by molar-refractivity contribution is -0.133. The van der Waals surface area contributed by atoms with Crippen LogP contribution in [0.25, 0.3) is 10.9 Å². The second kappa shape index (κ2) is 16.5. The molecule has 1 aromatic heterocycles. The number of nitrogens with one attached hydrogen (secondary N) is 3. The fourth-order valence-electron chi connectivity index (χ4n) is 6.34. The van der Waals surface area contributed by atoms with Crippen molar-refractivity contribution in [1.82, 2.24) is 20.5 Å². The van der Waals surface area contributed by atoms with Gasteiger partial charge in [-0.05, 0) is 66.1 Å². The first-order chi connectivity index (χ1) is 25.1. The zero-order chi connectivity index (χ0) is 38.5. The number of carboxylic acid groups (broad SMARTS) is 1. The van der Waals surface area contributed by atoms with Crippen molar-refractivity contribution in [1.29, 1.82) is 0 Å². The maximum Gasteiger partial charge on any atom is 0.588 e. The second-order valence-electron chi connectivity index (χ2n) is 13.0. The standard InChI is InChI=1S/C36H40Cl2N5O9P/c1-3-21(2)30(32(39)44)41-33(45)36(15-13-29-27(19-36)26-17-24(37)18-28(38)31(26)40-29)42-34(46)52-53(49,50)51-25-11-9-22(10-12-25)14-16-43(35(47)48)20-23-7-5-4-6-8-23/h4-12,17-18,21,30,40H,3,13-16,19-20H2,1-2H3,(H2,39,44)(H,41,45)(H,42,46)(H,47,48)(H,49,50)/t21-,30-,36+/m0/s1. The molecule has 0 radical (unpaired) electrons. The zero-order valence-electron chi connectivity index (χ0n) is 28.9. The molecule has 1 aliphatic carbocycles. The molecule has 0 saturated carbocycles. The van der Waals surface area contributed by atoms with E-state index in [-0.39, 0.29) is 44.0 Å². The molecule has 3 aromatic carbocycles. The number of aryl methyl sites for hydroxylation is 1. The summed E-state index contributed by atoms with van der Waals surface area (Å²) in [5.74, 6) is -1.96. The number of phosphoric acid groups is 1. The Kier molecular flexibility index (Phi) is 12.3. The number of amides is 4. The third-order valence-corrected chi connectivity index (χ3v) is 10.7. The Bertz CT molecular complexity index is 2050. The monoisotopic (exact) mass is 787 g/mol. The third kappa shape index (κ3) is 9.63. The number of hydrogen-bond donors (Lipinski definition) is 6. The molecule has 0 fully saturated rings. The molecule has 0 aliphatic heterocycles. The summed E-state index contributed by atoms with van der Waals surface area (Å²) in [7, 11) is -5.11. The Hall–Kier alpha value is -4.75. The average Bonchev–Trinajstić information content (AvgIpc) is 3.46. The van der Waals surface area contributed by atoms with Gasteiger partial charge < -0.3 is 40.4 Å². The van der Waals surface area contributed by atoms with E-state index in [0.29, 0.717) is 39.4 Å². The van der Waals surface area contributed by atoms with E-state index in [1.165, 1.54) is 17.0 Å². The van der Waals surface area contributed by atoms with Crippen LogP contribution in [0.4, 0.5) is 9.59 Å². The summed E-state index contributed by atoms with van der Waals surface area (Å²) in [5.41, 5.74) is 7.39. The van der Waals surface area contributed by atoms with E-state index in [4.69, 9.17) is 38.0 Å². The van der Waals surface area contributed by atoms with Crippen molar-refractivity contribution in [2.45, 2.75) is 64.1 Å². The lowest BCUT2D eigenvalue weighted by Crippen LogP contribution is -2.64.